The smallest absolute Gasteiger partial charge is 0.337 e. The SMILES string of the molecule is O=C(O)c1ccc(OCCC2CC2)nc1. The maximum atomic E-state index is 10.5. The number of aromatic carboxylic acids is 1. The van der Waals surface area contributed by atoms with Gasteiger partial charge in [0.25, 0.3) is 0 Å². The number of carboxylic acid groups (broad SMARTS) is 1. The topological polar surface area (TPSA) is 59.4 Å². The van der Waals surface area contributed by atoms with Crippen molar-refractivity contribution in [1.29, 1.82) is 0 Å². The Morgan fingerprint density at radius 1 is 1.53 bits per heavy atom. The van der Waals surface area contributed by atoms with E-state index in [4.69, 9.17) is 9.84 Å². The third-order valence-corrected chi connectivity index (χ3v) is 2.46. The molecule has 1 saturated carbocycles. The van der Waals surface area contributed by atoms with Gasteiger partial charge in [-0.2, -0.15) is 0 Å². The predicted octanol–water partition coefficient (Wildman–Crippen LogP) is 1.96. The first-order valence-electron chi connectivity index (χ1n) is 5.08. The molecule has 80 valence electrons. The van der Waals surface area contributed by atoms with Crippen LogP contribution in [0.5, 0.6) is 5.88 Å². The van der Waals surface area contributed by atoms with E-state index in [0.717, 1.165) is 12.3 Å². The first-order valence-corrected chi connectivity index (χ1v) is 5.08. The van der Waals surface area contributed by atoms with E-state index in [1.807, 2.05) is 0 Å². The summed E-state index contributed by atoms with van der Waals surface area (Å²) >= 11 is 0. The van der Waals surface area contributed by atoms with E-state index < -0.39 is 5.97 Å². The van der Waals surface area contributed by atoms with Crippen molar-refractivity contribution in [3.63, 3.8) is 0 Å². The second-order valence-electron chi connectivity index (χ2n) is 3.77. The van der Waals surface area contributed by atoms with Gasteiger partial charge in [-0.3, -0.25) is 0 Å². The molecule has 4 heteroatoms. The molecule has 1 fully saturated rings. The van der Waals surface area contributed by atoms with Gasteiger partial charge in [0, 0.05) is 12.3 Å². The van der Waals surface area contributed by atoms with Crippen molar-refractivity contribution in [3.8, 4) is 5.88 Å². The van der Waals surface area contributed by atoms with Crippen molar-refractivity contribution in [2.24, 2.45) is 5.92 Å². The number of hydrogen-bond acceptors (Lipinski definition) is 3. The second-order valence-corrected chi connectivity index (χ2v) is 3.77. The van der Waals surface area contributed by atoms with Gasteiger partial charge in [0.15, 0.2) is 0 Å². The molecule has 1 aromatic heterocycles. The largest absolute Gasteiger partial charge is 0.478 e. The first kappa shape index (κ1) is 9.96. The maximum Gasteiger partial charge on any atom is 0.337 e. The molecule has 1 heterocycles. The Balaban J connectivity index is 1.83. The fraction of sp³-hybridized carbons (Fsp3) is 0.455. The summed E-state index contributed by atoms with van der Waals surface area (Å²) in [5, 5.41) is 8.65. The van der Waals surface area contributed by atoms with Gasteiger partial charge in [-0.1, -0.05) is 12.8 Å². The van der Waals surface area contributed by atoms with Crippen LogP contribution in [0.4, 0.5) is 0 Å². The van der Waals surface area contributed by atoms with Crippen molar-refractivity contribution in [2.75, 3.05) is 6.61 Å². The van der Waals surface area contributed by atoms with Gasteiger partial charge >= 0.3 is 5.97 Å². The van der Waals surface area contributed by atoms with Crippen LogP contribution in [0.25, 0.3) is 0 Å². The normalized spacial score (nSPS) is 14.9. The van der Waals surface area contributed by atoms with Crippen molar-refractivity contribution < 1.29 is 14.6 Å². The summed E-state index contributed by atoms with van der Waals surface area (Å²) in [6.07, 6.45) is 5.01. The van der Waals surface area contributed by atoms with Crippen LogP contribution < -0.4 is 4.74 Å². The lowest BCUT2D eigenvalue weighted by Gasteiger charge is -2.03. The maximum absolute atomic E-state index is 10.5. The molecule has 4 nitrogen and oxygen atoms in total. The Bertz CT molecular complexity index is 343. The molecule has 2 rings (SSSR count). The van der Waals surface area contributed by atoms with Crippen LogP contribution in [0, 0.1) is 5.92 Å². The summed E-state index contributed by atoms with van der Waals surface area (Å²) < 4.78 is 5.39. The fourth-order valence-corrected chi connectivity index (χ4v) is 1.33. The van der Waals surface area contributed by atoms with Crippen LogP contribution >= 0.6 is 0 Å². The molecule has 0 unspecified atom stereocenters. The number of carboxylic acids is 1. The summed E-state index contributed by atoms with van der Waals surface area (Å²) in [4.78, 5) is 14.5. The van der Waals surface area contributed by atoms with E-state index in [-0.39, 0.29) is 5.56 Å². The van der Waals surface area contributed by atoms with Crippen molar-refractivity contribution >= 4 is 5.97 Å². The minimum atomic E-state index is -0.966. The monoisotopic (exact) mass is 207 g/mol. The zero-order valence-electron chi connectivity index (χ0n) is 8.35. The minimum Gasteiger partial charge on any atom is -0.478 e. The highest BCUT2D eigenvalue weighted by atomic mass is 16.5. The number of rotatable bonds is 5. The molecule has 1 N–H and O–H groups in total. The number of hydrogen-bond donors (Lipinski definition) is 1. The number of aromatic nitrogens is 1. The van der Waals surface area contributed by atoms with Gasteiger partial charge in [0.1, 0.15) is 0 Å². The summed E-state index contributed by atoms with van der Waals surface area (Å²) in [6.45, 7) is 0.671. The van der Waals surface area contributed by atoms with Crippen molar-refractivity contribution in [1.82, 2.24) is 4.98 Å². The van der Waals surface area contributed by atoms with E-state index in [2.05, 4.69) is 4.98 Å². The van der Waals surface area contributed by atoms with Gasteiger partial charge in [-0.05, 0) is 18.4 Å². The van der Waals surface area contributed by atoms with Crippen molar-refractivity contribution in [2.45, 2.75) is 19.3 Å². The Kier molecular flexibility index (Phi) is 2.85. The third-order valence-electron chi connectivity index (χ3n) is 2.46. The summed E-state index contributed by atoms with van der Waals surface area (Å²) in [7, 11) is 0. The Labute approximate surface area is 87.9 Å². The molecule has 0 bridgehead atoms. The molecule has 0 aromatic carbocycles. The summed E-state index contributed by atoms with van der Waals surface area (Å²) in [5.41, 5.74) is 0.185. The average Bonchev–Trinajstić information content (AvgIpc) is 3.02. The van der Waals surface area contributed by atoms with Crippen LogP contribution in [-0.2, 0) is 0 Å². The van der Waals surface area contributed by atoms with Crippen LogP contribution in [0.3, 0.4) is 0 Å². The van der Waals surface area contributed by atoms with Crippen LogP contribution in [0.1, 0.15) is 29.6 Å². The molecule has 1 aliphatic carbocycles. The lowest BCUT2D eigenvalue weighted by molar-refractivity contribution is 0.0696. The number of ether oxygens (including phenoxy) is 1. The molecule has 15 heavy (non-hydrogen) atoms. The molecule has 1 aliphatic rings. The van der Waals surface area contributed by atoms with E-state index in [1.54, 1.807) is 6.07 Å². The number of nitrogens with zero attached hydrogens (tertiary/aromatic N) is 1. The van der Waals surface area contributed by atoms with Crippen LogP contribution in [0.15, 0.2) is 18.3 Å². The lowest BCUT2D eigenvalue weighted by atomic mass is 10.3. The van der Waals surface area contributed by atoms with Gasteiger partial charge < -0.3 is 9.84 Å². The van der Waals surface area contributed by atoms with Gasteiger partial charge in [-0.15, -0.1) is 0 Å². The van der Waals surface area contributed by atoms with E-state index >= 15 is 0 Å². The quantitative estimate of drug-likeness (QED) is 0.801. The molecule has 0 atom stereocenters. The zero-order chi connectivity index (χ0) is 10.7. The fourth-order valence-electron chi connectivity index (χ4n) is 1.33. The average molecular weight is 207 g/mol. The summed E-state index contributed by atoms with van der Waals surface area (Å²) in [6, 6.07) is 3.10. The van der Waals surface area contributed by atoms with E-state index in [0.29, 0.717) is 12.5 Å². The predicted molar refractivity (Wildman–Crippen MR) is 54.0 cm³/mol. The highest BCUT2D eigenvalue weighted by Crippen LogP contribution is 2.32. The molecular formula is C11H13NO3. The van der Waals surface area contributed by atoms with E-state index in [1.165, 1.54) is 25.1 Å². The highest BCUT2D eigenvalue weighted by Gasteiger charge is 2.20. The third kappa shape index (κ3) is 2.94. The van der Waals surface area contributed by atoms with Crippen LogP contribution in [0.2, 0.25) is 0 Å². The number of pyridine rings is 1. The Morgan fingerprint density at radius 3 is 2.87 bits per heavy atom. The Morgan fingerprint density at radius 2 is 2.33 bits per heavy atom. The van der Waals surface area contributed by atoms with Crippen LogP contribution in [-0.4, -0.2) is 22.7 Å². The molecule has 0 saturated heterocycles. The van der Waals surface area contributed by atoms with Gasteiger partial charge in [0.2, 0.25) is 5.88 Å². The molecule has 0 aliphatic heterocycles. The second kappa shape index (κ2) is 4.29. The first-order chi connectivity index (χ1) is 7.25. The molecule has 0 spiro atoms. The van der Waals surface area contributed by atoms with Gasteiger partial charge in [0.05, 0.1) is 12.2 Å². The minimum absolute atomic E-state index is 0.185. The van der Waals surface area contributed by atoms with Gasteiger partial charge in [-0.25, -0.2) is 9.78 Å². The lowest BCUT2D eigenvalue weighted by Crippen LogP contribution is -2.01. The highest BCUT2D eigenvalue weighted by molar-refractivity contribution is 5.87. The van der Waals surface area contributed by atoms with Crippen molar-refractivity contribution in [3.05, 3.63) is 23.9 Å². The molecule has 0 radical (unpaired) electrons. The Hall–Kier alpha value is -1.58. The summed E-state index contributed by atoms with van der Waals surface area (Å²) in [5.74, 6) is 0.371. The van der Waals surface area contributed by atoms with E-state index in [9.17, 15) is 4.79 Å². The molecule has 1 aromatic rings. The zero-order valence-corrected chi connectivity index (χ0v) is 8.35. The standard InChI is InChI=1S/C11H13NO3/c13-11(14)9-3-4-10(12-7-9)15-6-5-8-1-2-8/h3-4,7-8H,1-2,5-6H2,(H,13,14). The number of carbonyl (C=O) groups is 1. The molecule has 0 amide bonds. The molecular weight excluding hydrogens is 194 g/mol.